The van der Waals surface area contributed by atoms with Gasteiger partial charge in [0.1, 0.15) is 0 Å². The molecule has 1 heterocycles. The van der Waals surface area contributed by atoms with Crippen LogP contribution in [0.1, 0.15) is 70.6 Å². The molecule has 2 aliphatic rings. The van der Waals surface area contributed by atoms with Crippen molar-refractivity contribution in [3.8, 4) is 0 Å². The average Bonchev–Trinajstić information content (AvgIpc) is 2.55. The number of carbonyl (C=O) groups is 1. The number of hydrogen-bond donors (Lipinski definition) is 1. The Hall–Kier alpha value is -0.0900. The fourth-order valence-corrected chi connectivity index (χ4v) is 4.31. The van der Waals surface area contributed by atoms with E-state index < -0.39 is 0 Å². The van der Waals surface area contributed by atoms with Gasteiger partial charge in [-0.2, -0.15) is 0 Å². The predicted molar refractivity (Wildman–Crippen MR) is 91.9 cm³/mol. The Morgan fingerprint density at radius 3 is 2.33 bits per heavy atom. The van der Waals surface area contributed by atoms with Gasteiger partial charge >= 0.3 is 0 Å². The van der Waals surface area contributed by atoms with Crippen molar-refractivity contribution >= 4 is 21.8 Å². The lowest BCUT2D eigenvalue weighted by Crippen LogP contribution is -2.58. The summed E-state index contributed by atoms with van der Waals surface area (Å²) in [4.78, 5) is 14.7. The summed E-state index contributed by atoms with van der Waals surface area (Å²) in [6.45, 7) is 3.35. The first-order chi connectivity index (χ1) is 10.3. The highest BCUT2D eigenvalue weighted by molar-refractivity contribution is 9.09. The first-order valence-electron chi connectivity index (χ1n) is 8.85. The van der Waals surface area contributed by atoms with Crippen molar-refractivity contribution in [2.24, 2.45) is 0 Å². The van der Waals surface area contributed by atoms with Crippen LogP contribution in [0.15, 0.2) is 0 Å². The van der Waals surface area contributed by atoms with Gasteiger partial charge in [0.2, 0.25) is 5.91 Å². The lowest BCUT2D eigenvalue weighted by atomic mass is 9.79. The summed E-state index contributed by atoms with van der Waals surface area (Å²) in [5.41, 5.74) is 0.268. The predicted octanol–water partition coefficient (Wildman–Crippen LogP) is 3.86. The smallest absolute Gasteiger partial charge is 0.220 e. The largest absolute Gasteiger partial charge is 0.354 e. The number of rotatable bonds is 7. The monoisotopic (exact) mass is 358 g/mol. The van der Waals surface area contributed by atoms with Crippen molar-refractivity contribution in [3.63, 3.8) is 0 Å². The molecule has 122 valence electrons. The second kappa shape index (κ2) is 9.14. The van der Waals surface area contributed by atoms with Crippen molar-refractivity contribution in [2.75, 3.05) is 25.0 Å². The number of likely N-dealkylation sites (tertiary alicyclic amines) is 1. The zero-order valence-corrected chi connectivity index (χ0v) is 14.9. The van der Waals surface area contributed by atoms with Crippen molar-refractivity contribution in [1.29, 1.82) is 0 Å². The Balaban J connectivity index is 1.85. The molecule has 0 bridgehead atoms. The fourth-order valence-electron chi connectivity index (χ4n) is 3.91. The van der Waals surface area contributed by atoms with Crippen molar-refractivity contribution in [3.05, 3.63) is 0 Å². The summed E-state index contributed by atoms with van der Waals surface area (Å²) in [6.07, 6.45) is 13.4. The van der Waals surface area contributed by atoms with E-state index in [1.165, 1.54) is 64.5 Å². The van der Waals surface area contributed by atoms with E-state index in [2.05, 4.69) is 26.1 Å². The average molecular weight is 359 g/mol. The van der Waals surface area contributed by atoms with E-state index in [0.717, 1.165) is 24.7 Å². The second-order valence-electron chi connectivity index (χ2n) is 6.76. The third-order valence-corrected chi connectivity index (χ3v) is 5.77. The summed E-state index contributed by atoms with van der Waals surface area (Å²) in [7, 11) is 0. The van der Waals surface area contributed by atoms with Gasteiger partial charge in [-0.05, 0) is 51.6 Å². The third-order valence-electron chi connectivity index (χ3n) is 5.21. The number of carbonyl (C=O) groups excluding carboxylic acids is 1. The zero-order valence-electron chi connectivity index (χ0n) is 13.3. The van der Waals surface area contributed by atoms with Gasteiger partial charge in [0, 0.05) is 23.8 Å². The number of piperidine rings is 1. The topological polar surface area (TPSA) is 32.3 Å². The van der Waals surface area contributed by atoms with Crippen LogP contribution in [0.25, 0.3) is 0 Å². The van der Waals surface area contributed by atoms with Crippen LogP contribution in [0, 0.1) is 0 Å². The molecule has 0 atom stereocenters. The van der Waals surface area contributed by atoms with E-state index in [4.69, 9.17) is 0 Å². The number of unbranched alkanes of at least 4 members (excludes halogenated alkanes) is 1. The molecule has 0 spiro atoms. The van der Waals surface area contributed by atoms with Crippen LogP contribution < -0.4 is 5.32 Å². The molecule has 21 heavy (non-hydrogen) atoms. The molecule has 0 aromatic rings. The minimum atomic E-state index is 0.248. The number of nitrogens with one attached hydrogen (secondary N) is 1. The van der Waals surface area contributed by atoms with Gasteiger partial charge in [-0.25, -0.2) is 0 Å². The minimum absolute atomic E-state index is 0.248. The molecule has 0 aromatic carbocycles. The highest BCUT2D eigenvalue weighted by atomic mass is 79.9. The molecule has 0 unspecified atom stereocenters. The number of alkyl halides is 1. The molecule has 1 saturated heterocycles. The molecule has 1 aliphatic heterocycles. The van der Waals surface area contributed by atoms with Crippen LogP contribution >= 0.6 is 15.9 Å². The fraction of sp³-hybridized carbons (Fsp3) is 0.941. The normalized spacial score (nSPS) is 22.9. The van der Waals surface area contributed by atoms with Crippen LogP contribution in [0.2, 0.25) is 0 Å². The molecular weight excluding hydrogens is 328 g/mol. The summed E-state index contributed by atoms with van der Waals surface area (Å²) in [5.74, 6) is 0.248. The molecule has 1 saturated carbocycles. The molecule has 1 aliphatic carbocycles. The Bertz CT molecular complexity index is 310. The van der Waals surface area contributed by atoms with Gasteiger partial charge in [0.15, 0.2) is 0 Å². The van der Waals surface area contributed by atoms with Gasteiger partial charge in [-0.1, -0.05) is 41.6 Å². The number of nitrogens with zero attached hydrogens (tertiary/aromatic N) is 1. The summed E-state index contributed by atoms with van der Waals surface area (Å²) in [5, 5.41) is 4.25. The highest BCUT2D eigenvalue weighted by Crippen LogP contribution is 2.35. The standard InChI is InChI=1S/C17H31BrN2O/c18-12-6-3-9-16(21)19-15-17(10-4-1-5-11-17)20-13-7-2-8-14-20/h1-15H2,(H,19,21). The van der Waals surface area contributed by atoms with Crippen LogP contribution in [0.5, 0.6) is 0 Å². The maximum Gasteiger partial charge on any atom is 0.220 e. The van der Waals surface area contributed by atoms with Crippen LogP contribution in [-0.2, 0) is 4.79 Å². The molecule has 2 rings (SSSR count). The SMILES string of the molecule is O=C(CCCCBr)NCC1(N2CCCCC2)CCCCC1. The number of amides is 1. The van der Waals surface area contributed by atoms with E-state index in [1.807, 2.05) is 0 Å². The number of hydrogen-bond acceptors (Lipinski definition) is 2. The van der Waals surface area contributed by atoms with Gasteiger partial charge in [0.25, 0.3) is 0 Å². The van der Waals surface area contributed by atoms with Crippen LogP contribution in [0.3, 0.4) is 0 Å². The molecule has 4 heteroatoms. The maximum absolute atomic E-state index is 12.0. The molecule has 3 nitrogen and oxygen atoms in total. The Morgan fingerprint density at radius 1 is 1.00 bits per heavy atom. The van der Waals surface area contributed by atoms with Crippen LogP contribution in [0.4, 0.5) is 0 Å². The molecule has 2 fully saturated rings. The van der Waals surface area contributed by atoms with Crippen molar-refractivity contribution in [2.45, 2.75) is 76.2 Å². The molecule has 0 aromatic heterocycles. The first kappa shape index (κ1) is 17.3. The first-order valence-corrected chi connectivity index (χ1v) is 9.97. The zero-order chi connectivity index (χ0) is 15.0. The van der Waals surface area contributed by atoms with E-state index in [9.17, 15) is 4.79 Å². The van der Waals surface area contributed by atoms with Gasteiger partial charge in [-0.15, -0.1) is 0 Å². The molecular formula is C17H31BrN2O. The lowest BCUT2D eigenvalue weighted by molar-refractivity contribution is -0.122. The summed E-state index contributed by atoms with van der Waals surface area (Å²) < 4.78 is 0. The van der Waals surface area contributed by atoms with E-state index >= 15 is 0 Å². The Morgan fingerprint density at radius 2 is 1.67 bits per heavy atom. The Labute approximate surface area is 138 Å². The van der Waals surface area contributed by atoms with Gasteiger partial charge in [-0.3, -0.25) is 9.69 Å². The summed E-state index contributed by atoms with van der Waals surface area (Å²) >= 11 is 3.42. The lowest BCUT2D eigenvalue weighted by Gasteiger charge is -2.48. The van der Waals surface area contributed by atoms with Crippen molar-refractivity contribution in [1.82, 2.24) is 10.2 Å². The molecule has 0 radical (unpaired) electrons. The van der Waals surface area contributed by atoms with E-state index in [1.54, 1.807) is 0 Å². The maximum atomic E-state index is 12.0. The van der Waals surface area contributed by atoms with Crippen LogP contribution in [-0.4, -0.2) is 41.3 Å². The quantitative estimate of drug-likeness (QED) is 0.553. The van der Waals surface area contributed by atoms with Gasteiger partial charge in [0.05, 0.1) is 0 Å². The highest BCUT2D eigenvalue weighted by Gasteiger charge is 2.38. The molecule has 1 N–H and O–H groups in total. The Kier molecular flexibility index (Phi) is 7.51. The number of halogens is 1. The summed E-state index contributed by atoms with van der Waals surface area (Å²) in [6, 6.07) is 0. The molecule has 1 amide bonds. The van der Waals surface area contributed by atoms with E-state index in [0.29, 0.717) is 6.42 Å². The third kappa shape index (κ3) is 5.24. The van der Waals surface area contributed by atoms with Gasteiger partial charge < -0.3 is 5.32 Å². The van der Waals surface area contributed by atoms with E-state index in [-0.39, 0.29) is 11.4 Å². The van der Waals surface area contributed by atoms with Crippen molar-refractivity contribution < 1.29 is 4.79 Å². The second-order valence-corrected chi connectivity index (χ2v) is 7.55. The minimum Gasteiger partial charge on any atom is -0.354 e.